The number of rotatable bonds is 4. The van der Waals surface area contributed by atoms with Crippen LogP contribution in [0.25, 0.3) is 0 Å². The number of hydrogen-bond donors (Lipinski definition) is 1. The molecule has 0 amide bonds. The smallest absolute Gasteiger partial charge is 0.0947 e. The van der Waals surface area contributed by atoms with Gasteiger partial charge in [-0.05, 0) is 23.8 Å². The van der Waals surface area contributed by atoms with Crippen LogP contribution < -0.4 is 5.32 Å². The van der Waals surface area contributed by atoms with Gasteiger partial charge < -0.3 is 9.73 Å². The maximum absolute atomic E-state index is 4.99. The minimum atomic E-state index is 0.840. The summed E-state index contributed by atoms with van der Waals surface area (Å²) in [7, 11) is 0. The molecule has 2 aromatic rings. The van der Waals surface area contributed by atoms with Crippen molar-refractivity contribution in [3.05, 3.63) is 58.5 Å². The van der Waals surface area contributed by atoms with Gasteiger partial charge in [0.25, 0.3) is 0 Å². The largest absolute Gasteiger partial charge is 0.472 e. The number of benzene rings is 1. The van der Waals surface area contributed by atoms with Crippen molar-refractivity contribution in [1.82, 2.24) is 5.32 Å². The van der Waals surface area contributed by atoms with Crippen molar-refractivity contribution in [2.45, 2.75) is 13.1 Å². The third kappa shape index (κ3) is 3.22. The van der Waals surface area contributed by atoms with Crippen molar-refractivity contribution in [3.63, 3.8) is 0 Å². The normalized spacial score (nSPS) is 10.5. The van der Waals surface area contributed by atoms with Crippen LogP contribution in [0.2, 0.25) is 0 Å². The van der Waals surface area contributed by atoms with E-state index >= 15 is 0 Å². The molecule has 15 heavy (non-hydrogen) atoms. The Morgan fingerprint density at radius 3 is 2.40 bits per heavy atom. The van der Waals surface area contributed by atoms with Crippen molar-refractivity contribution >= 4 is 15.9 Å². The third-order valence-corrected chi connectivity index (χ3v) is 2.68. The molecule has 2 nitrogen and oxygen atoms in total. The lowest BCUT2D eigenvalue weighted by Crippen LogP contribution is -2.11. The molecule has 1 heterocycles. The fraction of sp³-hybridized carbons (Fsp3) is 0.167. The highest BCUT2D eigenvalue weighted by molar-refractivity contribution is 9.10. The Labute approximate surface area is 97.4 Å². The van der Waals surface area contributed by atoms with Crippen LogP contribution in [-0.4, -0.2) is 0 Å². The van der Waals surface area contributed by atoms with E-state index in [0.717, 1.165) is 17.6 Å². The first-order chi connectivity index (χ1) is 7.34. The van der Waals surface area contributed by atoms with Gasteiger partial charge in [-0.2, -0.15) is 0 Å². The molecule has 1 N–H and O–H groups in total. The fourth-order valence-electron chi connectivity index (χ4n) is 1.35. The van der Waals surface area contributed by atoms with E-state index in [1.54, 1.807) is 12.5 Å². The van der Waals surface area contributed by atoms with Crippen molar-refractivity contribution < 1.29 is 4.42 Å². The van der Waals surface area contributed by atoms with Crippen molar-refractivity contribution in [3.8, 4) is 0 Å². The molecule has 0 aliphatic rings. The van der Waals surface area contributed by atoms with Crippen LogP contribution in [0, 0.1) is 0 Å². The van der Waals surface area contributed by atoms with Crippen LogP contribution in [0.4, 0.5) is 0 Å². The quantitative estimate of drug-likeness (QED) is 0.918. The minimum Gasteiger partial charge on any atom is -0.472 e. The second-order valence-electron chi connectivity index (χ2n) is 3.36. The Morgan fingerprint density at radius 2 is 1.73 bits per heavy atom. The van der Waals surface area contributed by atoms with E-state index in [0.29, 0.717) is 0 Å². The molecule has 0 bridgehead atoms. The average molecular weight is 266 g/mol. The molecule has 0 spiro atoms. The van der Waals surface area contributed by atoms with E-state index in [1.807, 2.05) is 6.07 Å². The maximum Gasteiger partial charge on any atom is 0.0947 e. The van der Waals surface area contributed by atoms with E-state index in [4.69, 9.17) is 4.42 Å². The molecule has 3 heteroatoms. The molecule has 78 valence electrons. The Hall–Kier alpha value is -1.06. The molecule has 1 aromatic carbocycles. The summed E-state index contributed by atoms with van der Waals surface area (Å²) >= 11 is 3.41. The first-order valence-electron chi connectivity index (χ1n) is 4.81. The zero-order valence-electron chi connectivity index (χ0n) is 8.24. The molecular formula is C12H12BrNO. The lowest BCUT2D eigenvalue weighted by atomic mass is 10.2. The van der Waals surface area contributed by atoms with E-state index in [2.05, 4.69) is 45.5 Å². The van der Waals surface area contributed by atoms with Gasteiger partial charge in [0.05, 0.1) is 12.5 Å². The lowest BCUT2D eigenvalue weighted by molar-refractivity contribution is 0.560. The zero-order valence-corrected chi connectivity index (χ0v) is 9.83. The van der Waals surface area contributed by atoms with Crippen LogP contribution in [0.3, 0.4) is 0 Å². The lowest BCUT2D eigenvalue weighted by Gasteiger charge is -2.03. The first kappa shape index (κ1) is 10.5. The Balaban J connectivity index is 1.81. The van der Waals surface area contributed by atoms with Crippen LogP contribution in [0.15, 0.2) is 51.7 Å². The monoisotopic (exact) mass is 265 g/mol. The van der Waals surface area contributed by atoms with E-state index in [9.17, 15) is 0 Å². The summed E-state index contributed by atoms with van der Waals surface area (Å²) in [6.45, 7) is 1.71. The molecule has 2 rings (SSSR count). The van der Waals surface area contributed by atoms with Gasteiger partial charge in [0.2, 0.25) is 0 Å². The average Bonchev–Trinajstić information content (AvgIpc) is 2.74. The number of furan rings is 1. The molecule has 0 aliphatic heterocycles. The zero-order chi connectivity index (χ0) is 10.5. The molecule has 0 unspecified atom stereocenters. The van der Waals surface area contributed by atoms with Gasteiger partial charge in [0.1, 0.15) is 0 Å². The summed E-state index contributed by atoms with van der Waals surface area (Å²) in [5.41, 5.74) is 2.45. The fourth-order valence-corrected chi connectivity index (χ4v) is 1.61. The summed E-state index contributed by atoms with van der Waals surface area (Å²) in [6, 6.07) is 10.3. The SMILES string of the molecule is Brc1ccc(CNCc2ccoc2)cc1. The van der Waals surface area contributed by atoms with Gasteiger partial charge in [0, 0.05) is 23.1 Å². The number of halogens is 1. The summed E-state index contributed by atoms with van der Waals surface area (Å²) in [5.74, 6) is 0. The first-order valence-corrected chi connectivity index (χ1v) is 5.60. The summed E-state index contributed by atoms with van der Waals surface area (Å²) in [5, 5.41) is 3.35. The molecular weight excluding hydrogens is 254 g/mol. The van der Waals surface area contributed by atoms with Crippen LogP contribution in [-0.2, 0) is 13.1 Å². The van der Waals surface area contributed by atoms with Gasteiger partial charge in [-0.1, -0.05) is 28.1 Å². The highest BCUT2D eigenvalue weighted by Gasteiger charge is 1.95. The highest BCUT2D eigenvalue weighted by Crippen LogP contribution is 2.10. The van der Waals surface area contributed by atoms with Gasteiger partial charge in [-0.3, -0.25) is 0 Å². The van der Waals surface area contributed by atoms with E-state index in [1.165, 1.54) is 11.1 Å². The highest BCUT2D eigenvalue weighted by atomic mass is 79.9. The van der Waals surface area contributed by atoms with Crippen molar-refractivity contribution in [2.24, 2.45) is 0 Å². The Kier molecular flexibility index (Phi) is 3.59. The van der Waals surface area contributed by atoms with Crippen molar-refractivity contribution in [1.29, 1.82) is 0 Å². The Bertz CT molecular complexity index is 394. The second kappa shape index (κ2) is 5.14. The predicted octanol–water partition coefficient (Wildman–Crippen LogP) is 3.33. The molecule has 0 saturated heterocycles. The molecule has 0 radical (unpaired) electrons. The molecule has 0 saturated carbocycles. The summed E-state index contributed by atoms with van der Waals surface area (Å²) in [6.07, 6.45) is 3.45. The third-order valence-electron chi connectivity index (χ3n) is 2.15. The molecule has 1 aromatic heterocycles. The number of hydrogen-bond acceptors (Lipinski definition) is 2. The standard InChI is InChI=1S/C12H12BrNO/c13-12-3-1-10(2-4-12)7-14-8-11-5-6-15-9-11/h1-6,9,14H,7-8H2. The van der Waals surface area contributed by atoms with Crippen LogP contribution in [0.1, 0.15) is 11.1 Å². The molecule has 0 atom stereocenters. The van der Waals surface area contributed by atoms with Crippen LogP contribution >= 0.6 is 15.9 Å². The maximum atomic E-state index is 4.99. The second-order valence-corrected chi connectivity index (χ2v) is 4.28. The Morgan fingerprint density at radius 1 is 1.00 bits per heavy atom. The molecule has 0 fully saturated rings. The summed E-state index contributed by atoms with van der Waals surface area (Å²) in [4.78, 5) is 0. The van der Waals surface area contributed by atoms with Gasteiger partial charge in [0.15, 0.2) is 0 Å². The summed E-state index contributed by atoms with van der Waals surface area (Å²) < 4.78 is 6.10. The van der Waals surface area contributed by atoms with Crippen molar-refractivity contribution in [2.75, 3.05) is 0 Å². The van der Waals surface area contributed by atoms with Gasteiger partial charge in [-0.15, -0.1) is 0 Å². The van der Waals surface area contributed by atoms with Crippen LogP contribution in [0.5, 0.6) is 0 Å². The predicted molar refractivity (Wildman–Crippen MR) is 63.4 cm³/mol. The van der Waals surface area contributed by atoms with Gasteiger partial charge >= 0.3 is 0 Å². The van der Waals surface area contributed by atoms with Gasteiger partial charge in [-0.25, -0.2) is 0 Å². The van der Waals surface area contributed by atoms with E-state index in [-0.39, 0.29) is 0 Å². The van der Waals surface area contributed by atoms with E-state index < -0.39 is 0 Å². The number of nitrogens with one attached hydrogen (secondary N) is 1. The topological polar surface area (TPSA) is 25.2 Å². The molecule has 0 aliphatic carbocycles. The minimum absolute atomic E-state index is 0.840.